The van der Waals surface area contributed by atoms with Crippen molar-refractivity contribution in [2.45, 2.75) is 4.90 Å². The first-order chi connectivity index (χ1) is 14.8. The molecular weight excluding hydrogens is 418 g/mol. The summed E-state index contributed by atoms with van der Waals surface area (Å²) in [4.78, 5) is 12.4. The second kappa shape index (κ2) is 9.23. The predicted molar refractivity (Wildman–Crippen MR) is 118 cm³/mol. The molecular formula is C22H21N3O5S. The maximum Gasteiger partial charge on any atom is 0.269 e. The molecule has 3 aromatic rings. The molecule has 0 heterocycles. The molecule has 0 aliphatic heterocycles. The van der Waals surface area contributed by atoms with Crippen LogP contribution in [-0.2, 0) is 10.0 Å². The van der Waals surface area contributed by atoms with Crippen LogP contribution in [0.25, 0.3) is 5.70 Å². The van der Waals surface area contributed by atoms with Gasteiger partial charge in [0.05, 0.1) is 23.4 Å². The molecule has 0 aliphatic rings. The van der Waals surface area contributed by atoms with Crippen LogP contribution in [0.3, 0.4) is 0 Å². The smallest absolute Gasteiger partial charge is 0.269 e. The van der Waals surface area contributed by atoms with Crippen LogP contribution < -0.4 is 20.3 Å². The predicted octanol–water partition coefficient (Wildman–Crippen LogP) is 3.11. The molecule has 0 atom stereocenters. The number of rotatable bonds is 8. The maximum absolute atomic E-state index is 12.8. The zero-order chi connectivity index (χ0) is 22.4. The van der Waals surface area contributed by atoms with Gasteiger partial charge in [-0.25, -0.2) is 8.42 Å². The van der Waals surface area contributed by atoms with Gasteiger partial charge in [0.15, 0.2) is 0 Å². The molecule has 4 N–H and O–H groups in total. The van der Waals surface area contributed by atoms with Gasteiger partial charge in [-0.15, -0.1) is 0 Å². The summed E-state index contributed by atoms with van der Waals surface area (Å²) in [7, 11) is -2.52. The molecule has 0 aliphatic carbocycles. The van der Waals surface area contributed by atoms with E-state index in [1.165, 1.54) is 37.4 Å². The minimum absolute atomic E-state index is 0.00440. The highest BCUT2D eigenvalue weighted by Gasteiger charge is 2.18. The molecule has 8 nitrogen and oxygen atoms in total. The Morgan fingerprint density at radius 3 is 2.42 bits per heavy atom. The lowest BCUT2D eigenvalue weighted by atomic mass is 10.1. The molecule has 0 unspecified atom stereocenters. The number of phenols is 1. The molecule has 31 heavy (non-hydrogen) atoms. The van der Waals surface area contributed by atoms with Crippen molar-refractivity contribution >= 4 is 27.3 Å². The number of benzene rings is 3. The van der Waals surface area contributed by atoms with Gasteiger partial charge in [0.2, 0.25) is 0 Å². The number of amides is 1. The van der Waals surface area contributed by atoms with E-state index in [0.717, 1.165) is 0 Å². The normalized spacial score (nSPS) is 10.7. The SMILES string of the molecule is C=C(NNC(=O)c1cccc(S(=O)(=O)Nc2ccccc2OC)c1)c1ccccc1O. The van der Waals surface area contributed by atoms with Crippen molar-refractivity contribution in [3.05, 3.63) is 90.5 Å². The highest BCUT2D eigenvalue weighted by Crippen LogP contribution is 2.26. The Morgan fingerprint density at radius 2 is 1.68 bits per heavy atom. The van der Waals surface area contributed by atoms with Gasteiger partial charge in [-0.1, -0.05) is 36.9 Å². The Morgan fingerprint density at radius 1 is 0.968 bits per heavy atom. The van der Waals surface area contributed by atoms with Gasteiger partial charge < -0.3 is 9.84 Å². The summed E-state index contributed by atoms with van der Waals surface area (Å²) in [5.74, 6) is -0.206. The van der Waals surface area contributed by atoms with Gasteiger partial charge in [0, 0.05) is 11.1 Å². The van der Waals surface area contributed by atoms with Gasteiger partial charge in [-0.05, 0) is 42.5 Å². The number of sulfonamides is 1. The number of nitrogens with one attached hydrogen (secondary N) is 3. The molecule has 0 bridgehead atoms. The van der Waals surface area contributed by atoms with Crippen molar-refractivity contribution in [2.75, 3.05) is 11.8 Å². The van der Waals surface area contributed by atoms with Crippen LogP contribution in [0.15, 0.2) is 84.3 Å². The fraction of sp³-hybridized carbons (Fsp3) is 0.0455. The number of anilines is 1. The summed E-state index contributed by atoms with van der Waals surface area (Å²) in [6, 6.07) is 18.7. The fourth-order valence-corrected chi connectivity index (χ4v) is 3.85. The van der Waals surface area contributed by atoms with Crippen LogP contribution in [0.1, 0.15) is 15.9 Å². The Bertz CT molecular complexity index is 1230. The molecule has 160 valence electrons. The third-order valence-electron chi connectivity index (χ3n) is 4.31. The second-order valence-electron chi connectivity index (χ2n) is 6.41. The standard InChI is InChI=1S/C22H21N3O5S/c1-15(18-10-3-5-12-20(18)26)23-24-22(27)16-8-7-9-17(14-16)31(28,29)25-19-11-4-6-13-21(19)30-2/h3-14,23,25-26H,1H2,2H3,(H,24,27). The lowest BCUT2D eigenvalue weighted by Crippen LogP contribution is -2.36. The topological polar surface area (TPSA) is 117 Å². The minimum Gasteiger partial charge on any atom is -0.507 e. The molecule has 3 rings (SSSR count). The Kier molecular flexibility index (Phi) is 6.46. The van der Waals surface area contributed by atoms with Gasteiger partial charge in [0.1, 0.15) is 11.5 Å². The van der Waals surface area contributed by atoms with Crippen LogP contribution >= 0.6 is 0 Å². The number of carbonyl (C=O) groups excluding carboxylic acids is 1. The van der Waals surface area contributed by atoms with Crippen molar-refractivity contribution in [1.29, 1.82) is 0 Å². The summed E-state index contributed by atoms with van der Waals surface area (Å²) in [5, 5.41) is 9.85. The third-order valence-corrected chi connectivity index (χ3v) is 5.68. The number of para-hydroxylation sites is 3. The van der Waals surface area contributed by atoms with E-state index in [4.69, 9.17) is 4.74 Å². The van der Waals surface area contributed by atoms with Crippen molar-refractivity contribution in [2.24, 2.45) is 0 Å². The summed E-state index contributed by atoms with van der Waals surface area (Å²) >= 11 is 0. The number of ether oxygens (including phenoxy) is 1. The molecule has 0 aromatic heterocycles. The monoisotopic (exact) mass is 439 g/mol. The average molecular weight is 439 g/mol. The summed E-state index contributed by atoms with van der Waals surface area (Å²) in [6.45, 7) is 3.77. The molecule has 9 heteroatoms. The van der Waals surface area contributed by atoms with E-state index in [1.807, 2.05) is 0 Å². The number of methoxy groups -OCH3 is 1. The van der Waals surface area contributed by atoms with Crippen LogP contribution in [-0.4, -0.2) is 26.5 Å². The fourth-order valence-electron chi connectivity index (χ4n) is 2.74. The van der Waals surface area contributed by atoms with E-state index in [0.29, 0.717) is 11.3 Å². The minimum atomic E-state index is -3.96. The Balaban J connectivity index is 1.74. The van der Waals surface area contributed by atoms with Gasteiger partial charge in [0.25, 0.3) is 15.9 Å². The van der Waals surface area contributed by atoms with Crippen molar-refractivity contribution in [3.8, 4) is 11.5 Å². The first-order valence-electron chi connectivity index (χ1n) is 9.11. The highest BCUT2D eigenvalue weighted by molar-refractivity contribution is 7.92. The van der Waals surface area contributed by atoms with Crippen molar-refractivity contribution in [3.63, 3.8) is 0 Å². The second-order valence-corrected chi connectivity index (χ2v) is 8.09. The quantitative estimate of drug-likeness (QED) is 0.401. The molecule has 0 fully saturated rings. The number of hydrazine groups is 1. The molecule has 0 saturated carbocycles. The Labute approximate surface area is 180 Å². The zero-order valence-corrected chi connectivity index (χ0v) is 17.4. The Hall–Kier alpha value is -3.98. The lowest BCUT2D eigenvalue weighted by Gasteiger charge is -2.14. The molecule has 0 saturated heterocycles. The summed E-state index contributed by atoms with van der Waals surface area (Å²) in [6.07, 6.45) is 0. The highest BCUT2D eigenvalue weighted by atomic mass is 32.2. The van der Waals surface area contributed by atoms with Gasteiger partial charge >= 0.3 is 0 Å². The van der Waals surface area contributed by atoms with Crippen LogP contribution in [0.2, 0.25) is 0 Å². The van der Waals surface area contributed by atoms with E-state index < -0.39 is 15.9 Å². The largest absolute Gasteiger partial charge is 0.507 e. The van der Waals surface area contributed by atoms with E-state index in [9.17, 15) is 18.3 Å². The summed E-state index contributed by atoms with van der Waals surface area (Å²) < 4.78 is 33.2. The van der Waals surface area contributed by atoms with Crippen molar-refractivity contribution in [1.82, 2.24) is 10.9 Å². The van der Waals surface area contributed by atoms with Crippen LogP contribution in [0, 0.1) is 0 Å². The number of phenolic OH excluding ortho intramolecular Hbond substituents is 1. The van der Waals surface area contributed by atoms with Crippen molar-refractivity contribution < 1.29 is 23.1 Å². The lowest BCUT2D eigenvalue weighted by molar-refractivity contribution is 0.0942. The average Bonchev–Trinajstić information content (AvgIpc) is 2.77. The number of hydrogen-bond donors (Lipinski definition) is 4. The molecule has 0 spiro atoms. The molecule has 1 amide bonds. The maximum atomic E-state index is 12.8. The van der Waals surface area contributed by atoms with E-state index in [2.05, 4.69) is 22.2 Å². The first-order valence-corrected chi connectivity index (χ1v) is 10.6. The number of aromatic hydroxyl groups is 1. The zero-order valence-electron chi connectivity index (χ0n) is 16.6. The van der Waals surface area contributed by atoms with E-state index in [-0.39, 0.29) is 27.6 Å². The van der Waals surface area contributed by atoms with E-state index >= 15 is 0 Å². The van der Waals surface area contributed by atoms with Crippen LogP contribution in [0.4, 0.5) is 5.69 Å². The van der Waals surface area contributed by atoms with Gasteiger partial charge in [-0.3, -0.25) is 20.4 Å². The third kappa shape index (κ3) is 5.14. The molecule has 0 radical (unpaired) electrons. The van der Waals surface area contributed by atoms with Crippen LogP contribution in [0.5, 0.6) is 11.5 Å². The van der Waals surface area contributed by atoms with E-state index in [1.54, 1.807) is 42.5 Å². The molecule has 3 aromatic carbocycles. The first kappa shape index (κ1) is 21.7. The number of hydrogen-bond acceptors (Lipinski definition) is 6. The number of carbonyl (C=O) groups is 1. The summed E-state index contributed by atoms with van der Waals surface area (Å²) in [5.41, 5.74) is 6.13. The van der Waals surface area contributed by atoms with Gasteiger partial charge in [-0.2, -0.15) is 0 Å².